The number of piperidine rings is 1. The molecular weight excluding hydrogens is 274 g/mol. The van der Waals surface area contributed by atoms with Crippen LogP contribution in [0.3, 0.4) is 0 Å². The van der Waals surface area contributed by atoms with Gasteiger partial charge in [0.2, 0.25) is 0 Å². The molecule has 0 atom stereocenters. The van der Waals surface area contributed by atoms with Gasteiger partial charge in [-0.05, 0) is 45.7 Å². The molecule has 0 saturated carbocycles. The summed E-state index contributed by atoms with van der Waals surface area (Å²) in [5.41, 5.74) is 0. The quantitative estimate of drug-likeness (QED) is 0.749. The molecule has 0 radical (unpaired) electrons. The molecule has 0 unspecified atom stereocenters. The molecule has 0 bridgehead atoms. The maximum Gasteiger partial charge on any atom is 0.0589 e. The molecular formula is C18H39N3O. The van der Waals surface area contributed by atoms with Crippen LogP contribution in [0.1, 0.15) is 40.5 Å². The molecule has 2 saturated heterocycles. The van der Waals surface area contributed by atoms with E-state index in [1.54, 1.807) is 7.11 Å². The molecule has 2 aliphatic heterocycles. The fourth-order valence-electron chi connectivity index (χ4n) is 3.44. The third kappa shape index (κ3) is 6.95. The number of ether oxygens (including phenoxy) is 1. The number of hydrogen-bond acceptors (Lipinski definition) is 4. The smallest absolute Gasteiger partial charge is 0.0589 e. The van der Waals surface area contributed by atoms with Gasteiger partial charge in [0.1, 0.15) is 0 Å². The summed E-state index contributed by atoms with van der Waals surface area (Å²) in [4.78, 5) is 7.84. The van der Waals surface area contributed by atoms with E-state index in [2.05, 4.69) is 28.5 Å². The SMILES string of the molecule is CC.COCCN1CCC(CN2CCN(C(C)C)CC2)CC1. The first-order valence-electron chi connectivity index (χ1n) is 9.36. The Morgan fingerprint density at radius 3 is 2.00 bits per heavy atom. The van der Waals surface area contributed by atoms with E-state index in [1.165, 1.54) is 58.7 Å². The summed E-state index contributed by atoms with van der Waals surface area (Å²) in [6.07, 6.45) is 2.74. The van der Waals surface area contributed by atoms with Crippen LogP contribution in [-0.4, -0.2) is 86.8 Å². The van der Waals surface area contributed by atoms with Crippen LogP contribution in [0.2, 0.25) is 0 Å². The van der Waals surface area contributed by atoms with Gasteiger partial charge in [-0.25, -0.2) is 0 Å². The molecule has 0 amide bonds. The Balaban J connectivity index is 0.00000116. The summed E-state index contributed by atoms with van der Waals surface area (Å²) in [5.74, 6) is 0.916. The summed E-state index contributed by atoms with van der Waals surface area (Å²) < 4.78 is 5.17. The monoisotopic (exact) mass is 313 g/mol. The summed E-state index contributed by atoms with van der Waals surface area (Å²) in [5, 5.41) is 0. The first-order valence-corrected chi connectivity index (χ1v) is 9.36. The number of methoxy groups -OCH3 is 1. The summed E-state index contributed by atoms with van der Waals surface area (Å²) in [6, 6.07) is 0.709. The molecule has 132 valence electrons. The number of piperazine rings is 1. The molecule has 4 nitrogen and oxygen atoms in total. The van der Waals surface area contributed by atoms with E-state index in [0.29, 0.717) is 6.04 Å². The van der Waals surface area contributed by atoms with Crippen molar-refractivity contribution in [2.75, 3.05) is 66.1 Å². The maximum atomic E-state index is 5.17. The summed E-state index contributed by atoms with van der Waals surface area (Å²) in [6.45, 7) is 19.5. The zero-order valence-corrected chi connectivity index (χ0v) is 15.7. The molecule has 0 spiro atoms. The van der Waals surface area contributed by atoms with Gasteiger partial charge in [-0.1, -0.05) is 13.8 Å². The van der Waals surface area contributed by atoms with Gasteiger partial charge in [0.15, 0.2) is 0 Å². The lowest BCUT2D eigenvalue weighted by molar-refractivity contribution is 0.0744. The van der Waals surface area contributed by atoms with Crippen LogP contribution < -0.4 is 0 Å². The standard InChI is InChI=1S/C16H33N3O.C2H6/c1-15(2)19-10-8-18(9-11-19)14-16-4-6-17(7-5-16)12-13-20-3;1-2/h15-16H,4-14H2,1-3H3;1-2H3. The Kier molecular flexibility index (Phi) is 10.3. The normalized spacial score (nSPS) is 22.6. The number of rotatable bonds is 6. The lowest BCUT2D eigenvalue weighted by atomic mass is 9.96. The Morgan fingerprint density at radius 1 is 0.909 bits per heavy atom. The Hall–Kier alpha value is -0.160. The second-order valence-electron chi connectivity index (χ2n) is 6.71. The molecule has 2 aliphatic rings. The average molecular weight is 314 g/mol. The minimum Gasteiger partial charge on any atom is -0.383 e. The van der Waals surface area contributed by atoms with Crippen molar-refractivity contribution >= 4 is 0 Å². The Bertz CT molecular complexity index is 257. The highest BCUT2D eigenvalue weighted by Gasteiger charge is 2.24. The molecule has 2 heterocycles. The number of nitrogens with zero attached hydrogens (tertiary/aromatic N) is 3. The van der Waals surface area contributed by atoms with Gasteiger partial charge in [-0.2, -0.15) is 0 Å². The maximum absolute atomic E-state index is 5.17. The van der Waals surface area contributed by atoms with E-state index in [0.717, 1.165) is 19.1 Å². The molecule has 0 aromatic rings. The van der Waals surface area contributed by atoms with Crippen molar-refractivity contribution in [2.45, 2.75) is 46.6 Å². The molecule has 0 aromatic carbocycles. The van der Waals surface area contributed by atoms with Crippen molar-refractivity contribution in [3.05, 3.63) is 0 Å². The third-order valence-corrected chi connectivity index (χ3v) is 4.97. The lowest BCUT2D eigenvalue weighted by Gasteiger charge is -2.40. The highest BCUT2D eigenvalue weighted by molar-refractivity contribution is 4.79. The number of likely N-dealkylation sites (tertiary alicyclic amines) is 1. The van der Waals surface area contributed by atoms with Crippen molar-refractivity contribution in [3.8, 4) is 0 Å². The van der Waals surface area contributed by atoms with Crippen LogP contribution in [0, 0.1) is 5.92 Å². The molecule has 22 heavy (non-hydrogen) atoms. The highest BCUT2D eigenvalue weighted by atomic mass is 16.5. The van der Waals surface area contributed by atoms with E-state index in [1.807, 2.05) is 13.8 Å². The fourth-order valence-corrected chi connectivity index (χ4v) is 3.44. The Labute approximate surface area is 138 Å². The van der Waals surface area contributed by atoms with Crippen molar-refractivity contribution in [1.29, 1.82) is 0 Å². The molecule has 0 aliphatic carbocycles. The van der Waals surface area contributed by atoms with Crippen molar-refractivity contribution in [2.24, 2.45) is 5.92 Å². The van der Waals surface area contributed by atoms with Gasteiger partial charge in [0.25, 0.3) is 0 Å². The van der Waals surface area contributed by atoms with E-state index in [9.17, 15) is 0 Å². The molecule has 4 heteroatoms. The van der Waals surface area contributed by atoms with Gasteiger partial charge < -0.3 is 14.5 Å². The zero-order valence-electron chi connectivity index (χ0n) is 15.7. The molecule has 2 rings (SSSR count). The highest BCUT2D eigenvalue weighted by Crippen LogP contribution is 2.19. The average Bonchev–Trinajstić information content (AvgIpc) is 2.56. The summed E-state index contributed by atoms with van der Waals surface area (Å²) in [7, 11) is 1.80. The van der Waals surface area contributed by atoms with Crippen LogP contribution in [0.4, 0.5) is 0 Å². The summed E-state index contributed by atoms with van der Waals surface area (Å²) >= 11 is 0. The zero-order chi connectivity index (χ0) is 16.4. The van der Waals surface area contributed by atoms with Crippen LogP contribution in [-0.2, 0) is 4.74 Å². The fraction of sp³-hybridized carbons (Fsp3) is 1.00. The van der Waals surface area contributed by atoms with Gasteiger partial charge >= 0.3 is 0 Å². The second-order valence-corrected chi connectivity index (χ2v) is 6.71. The van der Waals surface area contributed by atoms with E-state index < -0.39 is 0 Å². The van der Waals surface area contributed by atoms with E-state index >= 15 is 0 Å². The van der Waals surface area contributed by atoms with Crippen LogP contribution in [0.5, 0.6) is 0 Å². The molecule has 2 fully saturated rings. The number of hydrogen-bond donors (Lipinski definition) is 0. The first-order chi connectivity index (χ1) is 10.7. The first kappa shape index (κ1) is 19.9. The molecule has 0 aromatic heterocycles. The topological polar surface area (TPSA) is 19.0 Å². The largest absolute Gasteiger partial charge is 0.383 e. The Morgan fingerprint density at radius 2 is 1.50 bits per heavy atom. The van der Waals surface area contributed by atoms with Gasteiger partial charge in [-0.3, -0.25) is 4.90 Å². The predicted molar refractivity (Wildman–Crippen MR) is 95.5 cm³/mol. The van der Waals surface area contributed by atoms with Crippen molar-refractivity contribution in [3.63, 3.8) is 0 Å². The van der Waals surface area contributed by atoms with Gasteiger partial charge in [0.05, 0.1) is 6.61 Å². The van der Waals surface area contributed by atoms with Crippen LogP contribution in [0.15, 0.2) is 0 Å². The third-order valence-electron chi connectivity index (χ3n) is 4.97. The van der Waals surface area contributed by atoms with Gasteiger partial charge in [-0.15, -0.1) is 0 Å². The van der Waals surface area contributed by atoms with Gasteiger partial charge in [0, 0.05) is 52.4 Å². The van der Waals surface area contributed by atoms with Crippen LogP contribution >= 0.6 is 0 Å². The lowest BCUT2D eigenvalue weighted by Crippen LogP contribution is -2.50. The van der Waals surface area contributed by atoms with E-state index in [4.69, 9.17) is 4.74 Å². The second kappa shape index (κ2) is 11.4. The minimum absolute atomic E-state index is 0.709. The minimum atomic E-state index is 0.709. The van der Waals surface area contributed by atoms with Crippen molar-refractivity contribution < 1.29 is 4.74 Å². The molecule has 0 N–H and O–H groups in total. The van der Waals surface area contributed by atoms with E-state index in [-0.39, 0.29) is 0 Å². The van der Waals surface area contributed by atoms with Crippen LogP contribution in [0.25, 0.3) is 0 Å². The van der Waals surface area contributed by atoms with Crippen molar-refractivity contribution in [1.82, 2.24) is 14.7 Å². The predicted octanol–water partition coefficient (Wildman–Crippen LogP) is 2.40.